The van der Waals surface area contributed by atoms with Gasteiger partial charge < -0.3 is 24.4 Å². The van der Waals surface area contributed by atoms with Crippen LogP contribution in [0.15, 0.2) is 36.7 Å². The fourth-order valence-corrected chi connectivity index (χ4v) is 3.68. The Morgan fingerprint density at radius 1 is 1.21 bits per heavy atom. The van der Waals surface area contributed by atoms with Crippen molar-refractivity contribution < 1.29 is 23.4 Å². The highest BCUT2D eigenvalue weighted by atomic mass is 35.5. The number of hydrogen-bond acceptors (Lipinski definition) is 8. The smallest absolute Gasteiger partial charge is 0.410 e. The van der Waals surface area contributed by atoms with Crippen molar-refractivity contribution in [1.82, 2.24) is 19.8 Å². The van der Waals surface area contributed by atoms with Gasteiger partial charge in [0.1, 0.15) is 24.7 Å². The molecule has 0 spiro atoms. The van der Waals surface area contributed by atoms with E-state index in [1.54, 1.807) is 31.2 Å². The van der Waals surface area contributed by atoms with E-state index in [1.165, 1.54) is 24.5 Å². The number of benzene rings is 2. The van der Waals surface area contributed by atoms with Crippen LogP contribution in [0.5, 0.6) is 11.5 Å². The molecule has 1 fully saturated rings. The molecule has 1 aliphatic rings. The first kappa shape index (κ1) is 23.8. The number of anilines is 2. The number of aromatic nitrogens is 2. The van der Waals surface area contributed by atoms with Gasteiger partial charge in [0.2, 0.25) is 0 Å². The summed E-state index contributed by atoms with van der Waals surface area (Å²) in [5, 5.41) is 4.03. The van der Waals surface area contributed by atoms with E-state index in [0.717, 1.165) is 6.54 Å². The number of nitrogens with zero attached hydrogens (tertiary/aromatic N) is 4. The molecule has 1 saturated heterocycles. The highest BCUT2D eigenvalue weighted by Crippen LogP contribution is 2.35. The Kier molecular flexibility index (Phi) is 7.49. The highest BCUT2D eigenvalue weighted by Gasteiger charge is 2.19. The van der Waals surface area contributed by atoms with E-state index < -0.39 is 5.82 Å². The minimum absolute atomic E-state index is 0.203. The van der Waals surface area contributed by atoms with Crippen LogP contribution in [0.3, 0.4) is 0 Å². The lowest BCUT2D eigenvalue weighted by atomic mass is 10.2. The van der Waals surface area contributed by atoms with Crippen LogP contribution in [0.4, 0.5) is 20.7 Å². The third-order valence-corrected chi connectivity index (χ3v) is 5.65. The number of nitrogens with one attached hydrogen (secondary N) is 1. The van der Waals surface area contributed by atoms with Crippen molar-refractivity contribution in [2.45, 2.75) is 6.42 Å². The number of rotatable bonds is 8. The van der Waals surface area contributed by atoms with Crippen LogP contribution >= 0.6 is 11.6 Å². The fourth-order valence-electron chi connectivity index (χ4n) is 3.51. The summed E-state index contributed by atoms with van der Waals surface area (Å²) in [5.41, 5.74) is 0.814. The molecule has 1 N–H and O–H groups in total. The van der Waals surface area contributed by atoms with Gasteiger partial charge in [0.05, 0.1) is 24.9 Å². The first-order valence-electron chi connectivity index (χ1n) is 10.7. The number of ether oxygens (including phenoxy) is 3. The molecule has 0 unspecified atom stereocenters. The van der Waals surface area contributed by atoms with Gasteiger partial charge in [0.15, 0.2) is 11.5 Å². The second kappa shape index (κ2) is 10.7. The molecule has 0 atom stereocenters. The van der Waals surface area contributed by atoms with Gasteiger partial charge in [-0.15, -0.1) is 0 Å². The molecule has 2 aromatic carbocycles. The molecule has 3 aromatic rings. The van der Waals surface area contributed by atoms with E-state index in [4.69, 9.17) is 25.8 Å². The van der Waals surface area contributed by atoms with Crippen molar-refractivity contribution in [2.75, 3.05) is 52.4 Å². The van der Waals surface area contributed by atoms with Crippen LogP contribution in [0.2, 0.25) is 5.02 Å². The maximum absolute atomic E-state index is 14.2. The van der Waals surface area contributed by atoms with Crippen LogP contribution in [0, 0.1) is 5.82 Å². The topological polar surface area (TPSA) is 89.1 Å². The molecular weight excluding hydrogens is 465 g/mol. The lowest BCUT2D eigenvalue weighted by molar-refractivity contribution is 0.0751. The van der Waals surface area contributed by atoms with Crippen molar-refractivity contribution in [3.05, 3.63) is 47.5 Å². The molecule has 2 heterocycles. The van der Waals surface area contributed by atoms with Gasteiger partial charge >= 0.3 is 6.09 Å². The van der Waals surface area contributed by atoms with E-state index in [-0.39, 0.29) is 18.5 Å². The number of halogens is 2. The molecule has 0 radical (unpaired) electrons. The second-order valence-electron chi connectivity index (χ2n) is 7.77. The predicted molar refractivity (Wildman–Crippen MR) is 126 cm³/mol. The van der Waals surface area contributed by atoms with Gasteiger partial charge in [-0.05, 0) is 30.7 Å². The quantitative estimate of drug-likeness (QED) is 0.469. The van der Waals surface area contributed by atoms with E-state index in [2.05, 4.69) is 20.2 Å². The standard InChI is InChI=1S/C23H25ClFN5O4/c1-29-7-8-30(14-34-23(29)31)6-3-9-33-21-11-16-18(12-20(21)32-2)26-13-27-22(16)28-19-10-15(24)4-5-17(19)25/h4-5,10-13H,3,6-9,14H2,1-2H3,(H,26,27,28). The maximum Gasteiger partial charge on any atom is 0.410 e. The first-order valence-corrected chi connectivity index (χ1v) is 11.1. The Morgan fingerprint density at radius 3 is 2.88 bits per heavy atom. The van der Waals surface area contributed by atoms with E-state index in [1.807, 2.05) is 0 Å². The zero-order chi connectivity index (χ0) is 24.1. The summed E-state index contributed by atoms with van der Waals surface area (Å²) in [5.74, 6) is 0.999. The molecule has 1 amide bonds. The number of methoxy groups -OCH3 is 1. The average molecular weight is 490 g/mol. The van der Waals surface area contributed by atoms with Crippen molar-refractivity contribution in [3.8, 4) is 11.5 Å². The number of amides is 1. The van der Waals surface area contributed by atoms with Gasteiger partial charge in [-0.3, -0.25) is 4.90 Å². The lowest BCUT2D eigenvalue weighted by Gasteiger charge is -2.18. The minimum atomic E-state index is -0.452. The Hall–Kier alpha value is -3.37. The van der Waals surface area contributed by atoms with Crippen molar-refractivity contribution in [2.24, 2.45) is 0 Å². The molecule has 11 heteroatoms. The van der Waals surface area contributed by atoms with Gasteiger partial charge in [-0.25, -0.2) is 19.2 Å². The molecule has 180 valence electrons. The largest absolute Gasteiger partial charge is 0.493 e. The highest BCUT2D eigenvalue weighted by molar-refractivity contribution is 6.30. The maximum atomic E-state index is 14.2. The third-order valence-electron chi connectivity index (χ3n) is 5.41. The summed E-state index contributed by atoms with van der Waals surface area (Å²) in [7, 11) is 3.27. The van der Waals surface area contributed by atoms with Gasteiger partial charge in [-0.2, -0.15) is 0 Å². The number of hydrogen-bond donors (Lipinski definition) is 1. The van der Waals surface area contributed by atoms with Gasteiger partial charge in [0, 0.05) is 43.2 Å². The van der Waals surface area contributed by atoms with Crippen LogP contribution < -0.4 is 14.8 Å². The number of cyclic esters (lactones) is 1. The number of fused-ring (bicyclic) bond motifs is 1. The molecule has 1 aromatic heterocycles. The van der Waals surface area contributed by atoms with E-state index in [9.17, 15) is 9.18 Å². The predicted octanol–water partition coefficient (Wildman–Crippen LogP) is 4.28. The Morgan fingerprint density at radius 2 is 2.06 bits per heavy atom. The number of carbonyl (C=O) groups excluding carboxylic acids is 1. The molecular formula is C23H25ClFN5O4. The molecule has 0 saturated carbocycles. The van der Waals surface area contributed by atoms with E-state index >= 15 is 0 Å². The molecule has 0 aliphatic carbocycles. The van der Waals surface area contributed by atoms with Crippen LogP contribution in [0.1, 0.15) is 6.42 Å². The van der Waals surface area contributed by atoms with Gasteiger partial charge in [0.25, 0.3) is 0 Å². The summed E-state index contributed by atoms with van der Waals surface area (Å²) in [4.78, 5) is 23.8. The minimum Gasteiger partial charge on any atom is -0.493 e. The molecule has 1 aliphatic heterocycles. The van der Waals surface area contributed by atoms with Crippen LogP contribution in [-0.4, -0.2) is 73.0 Å². The summed E-state index contributed by atoms with van der Waals surface area (Å²) < 4.78 is 30.9. The Bertz CT molecular complexity index is 1180. The Labute approximate surface area is 201 Å². The molecule has 9 nitrogen and oxygen atoms in total. The van der Waals surface area contributed by atoms with Crippen molar-refractivity contribution in [1.29, 1.82) is 0 Å². The van der Waals surface area contributed by atoms with Crippen molar-refractivity contribution >= 4 is 40.1 Å². The van der Waals surface area contributed by atoms with Crippen LogP contribution in [0.25, 0.3) is 10.9 Å². The normalized spacial score (nSPS) is 14.6. The first-order chi connectivity index (χ1) is 16.4. The number of carbonyl (C=O) groups is 1. The summed E-state index contributed by atoms with van der Waals surface area (Å²) in [6, 6.07) is 7.76. The average Bonchev–Trinajstić information content (AvgIpc) is 2.99. The monoisotopic (exact) mass is 489 g/mol. The summed E-state index contributed by atoms with van der Waals surface area (Å²) in [6.45, 7) is 2.73. The molecule has 34 heavy (non-hydrogen) atoms. The lowest BCUT2D eigenvalue weighted by Crippen LogP contribution is -2.31. The zero-order valence-electron chi connectivity index (χ0n) is 18.9. The summed E-state index contributed by atoms with van der Waals surface area (Å²) in [6.07, 6.45) is 1.79. The van der Waals surface area contributed by atoms with Gasteiger partial charge in [-0.1, -0.05) is 11.6 Å². The van der Waals surface area contributed by atoms with E-state index in [0.29, 0.717) is 59.4 Å². The molecule has 4 rings (SSSR count). The zero-order valence-corrected chi connectivity index (χ0v) is 19.6. The molecule has 0 bridgehead atoms. The van der Waals surface area contributed by atoms with Crippen LogP contribution in [-0.2, 0) is 4.74 Å². The SMILES string of the molecule is COc1cc2ncnc(Nc3cc(Cl)ccc3F)c2cc1OCCCN1CCN(C)C(=O)OC1. The van der Waals surface area contributed by atoms with Crippen molar-refractivity contribution in [3.63, 3.8) is 0 Å². The third kappa shape index (κ3) is 5.57. The second-order valence-corrected chi connectivity index (χ2v) is 8.21. The summed E-state index contributed by atoms with van der Waals surface area (Å²) >= 11 is 6.01. The number of likely N-dealkylation sites (N-methyl/N-ethyl adjacent to an activating group) is 1. The fraction of sp³-hybridized carbons (Fsp3) is 0.348. The Balaban J connectivity index is 1.47.